The van der Waals surface area contributed by atoms with Crippen LogP contribution in [0.5, 0.6) is 0 Å². The van der Waals surface area contributed by atoms with Crippen LogP contribution in [0.3, 0.4) is 0 Å². The van der Waals surface area contributed by atoms with Gasteiger partial charge in [-0.05, 0) is 58.5 Å². The van der Waals surface area contributed by atoms with Crippen molar-refractivity contribution < 1.29 is 9.53 Å². The summed E-state index contributed by atoms with van der Waals surface area (Å²) in [5.74, 6) is 0.904. The largest absolute Gasteiger partial charge is 0.443 e. The normalized spacial score (nSPS) is 15.9. The molecule has 0 aromatic carbocycles. The second-order valence-electron chi connectivity index (χ2n) is 8.96. The molecule has 0 aliphatic carbocycles. The Bertz CT molecular complexity index is 1070. The maximum atomic E-state index is 12.5. The summed E-state index contributed by atoms with van der Waals surface area (Å²) in [4.78, 5) is 33.1. The Kier molecular flexibility index (Phi) is 7.11. The van der Waals surface area contributed by atoms with E-state index < -0.39 is 11.7 Å². The van der Waals surface area contributed by atoms with Gasteiger partial charge in [-0.2, -0.15) is 0 Å². The Morgan fingerprint density at radius 2 is 2.03 bits per heavy atom. The Labute approximate surface area is 199 Å². The number of carbonyl (C=O) groups excluding carboxylic acids is 1. The molecule has 2 aromatic rings. The van der Waals surface area contributed by atoms with Crippen molar-refractivity contribution in [3.63, 3.8) is 0 Å². The van der Waals surface area contributed by atoms with Crippen LogP contribution in [0, 0.1) is 0 Å². The molecule has 1 unspecified atom stereocenters. The number of aromatic nitrogens is 3. The topological polar surface area (TPSA) is 122 Å². The van der Waals surface area contributed by atoms with Gasteiger partial charge in [-0.3, -0.25) is 9.88 Å². The third-order valence-corrected chi connectivity index (χ3v) is 5.13. The van der Waals surface area contributed by atoms with Crippen LogP contribution in [-0.2, 0) is 11.2 Å². The molecule has 10 nitrogen and oxygen atoms in total. The highest BCUT2D eigenvalue weighted by Crippen LogP contribution is 2.33. The predicted octanol–water partition coefficient (Wildman–Crippen LogP) is 3.14. The lowest BCUT2D eigenvalue weighted by Crippen LogP contribution is -2.46. The van der Waals surface area contributed by atoms with Crippen LogP contribution in [0.25, 0.3) is 0 Å². The van der Waals surface area contributed by atoms with Crippen molar-refractivity contribution in [3.8, 4) is 0 Å². The SMILES string of the molecule is CC(C)N1c2cnccc2CC1C(N)=NC(=S)Nc1nccnc1N(C)C(=O)OC(C)(C)C. The maximum Gasteiger partial charge on any atom is 0.415 e. The monoisotopic (exact) mass is 470 g/mol. The minimum absolute atomic E-state index is 0.115. The minimum Gasteiger partial charge on any atom is -0.443 e. The van der Waals surface area contributed by atoms with Crippen molar-refractivity contribution in [2.24, 2.45) is 10.7 Å². The van der Waals surface area contributed by atoms with Crippen LogP contribution in [-0.4, -0.2) is 56.7 Å². The van der Waals surface area contributed by atoms with Gasteiger partial charge in [0.2, 0.25) is 0 Å². The van der Waals surface area contributed by atoms with Crippen LogP contribution in [0.1, 0.15) is 40.2 Å². The molecule has 3 heterocycles. The van der Waals surface area contributed by atoms with E-state index in [0.717, 1.165) is 11.3 Å². The molecular weight excluding hydrogens is 440 g/mol. The molecule has 0 spiro atoms. The maximum absolute atomic E-state index is 12.5. The number of nitrogens with one attached hydrogen (secondary N) is 1. The smallest absolute Gasteiger partial charge is 0.415 e. The molecule has 0 saturated heterocycles. The summed E-state index contributed by atoms with van der Waals surface area (Å²) in [5, 5.41) is 3.05. The summed E-state index contributed by atoms with van der Waals surface area (Å²) >= 11 is 5.43. The van der Waals surface area contributed by atoms with Crippen LogP contribution < -0.4 is 20.9 Å². The number of carbonyl (C=O) groups is 1. The lowest BCUT2D eigenvalue weighted by molar-refractivity contribution is 0.0588. The Morgan fingerprint density at radius 3 is 2.70 bits per heavy atom. The van der Waals surface area contributed by atoms with Crippen LogP contribution in [0.4, 0.5) is 22.1 Å². The van der Waals surface area contributed by atoms with Crippen molar-refractivity contribution in [3.05, 3.63) is 36.4 Å². The Balaban J connectivity index is 1.78. The summed E-state index contributed by atoms with van der Waals surface area (Å²) in [7, 11) is 1.55. The number of rotatable bonds is 4. The summed E-state index contributed by atoms with van der Waals surface area (Å²) in [6, 6.07) is 2.05. The molecule has 0 bridgehead atoms. The molecule has 3 rings (SSSR count). The van der Waals surface area contributed by atoms with E-state index in [9.17, 15) is 4.79 Å². The average Bonchev–Trinajstić information content (AvgIpc) is 3.12. The third kappa shape index (κ3) is 5.72. The fourth-order valence-electron chi connectivity index (χ4n) is 3.58. The summed E-state index contributed by atoms with van der Waals surface area (Å²) in [6.07, 6.45) is 6.74. The fourth-order valence-corrected chi connectivity index (χ4v) is 3.78. The van der Waals surface area contributed by atoms with Crippen LogP contribution in [0.15, 0.2) is 35.8 Å². The van der Waals surface area contributed by atoms with Gasteiger partial charge in [0, 0.05) is 38.1 Å². The van der Waals surface area contributed by atoms with Crippen molar-refractivity contribution in [2.45, 2.75) is 58.7 Å². The summed E-state index contributed by atoms with van der Waals surface area (Å²) in [5.41, 5.74) is 7.96. The van der Waals surface area contributed by atoms with Gasteiger partial charge in [-0.15, -0.1) is 0 Å². The van der Waals surface area contributed by atoms with E-state index in [1.165, 1.54) is 17.3 Å². The number of ether oxygens (including phenoxy) is 1. The zero-order chi connectivity index (χ0) is 24.3. The van der Waals surface area contributed by atoms with Crippen molar-refractivity contribution in [2.75, 3.05) is 22.2 Å². The predicted molar refractivity (Wildman–Crippen MR) is 134 cm³/mol. The standard InChI is InChI=1S/C22H30N8O2S/c1-13(2)30-15(11-14-7-8-24-12-16(14)30)17(23)27-20(33)28-18-19(26-10-9-25-18)29(6)21(31)32-22(3,4)5/h7-10,12-13,15H,11H2,1-6H3,(H3,23,25,27,28,33). The zero-order valence-electron chi connectivity index (χ0n) is 19.7. The second-order valence-corrected chi connectivity index (χ2v) is 9.35. The first-order chi connectivity index (χ1) is 15.5. The lowest BCUT2D eigenvalue weighted by Gasteiger charge is -2.30. The van der Waals surface area contributed by atoms with E-state index in [2.05, 4.69) is 44.0 Å². The number of fused-ring (bicyclic) bond motifs is 1. The molecule has 1 atom stereocenters. The number of nitrogens with two attached hydrogens (primary N) is 1. The Hall–Kier alpha value is -3.34. The molecule has 11 heteroatoms. The first kappa shape index (κ1) is 24.3. The first-order valence-electron chi connectivity index (χ1n) is 10.6. The number of pyridine rings is 1. The van der Waals surface area contributed by atoms with E-state index in [1.54, 1.807) is 34.0 Å². The average molecular weight is 471 g/mol. The molecule has 1 aliphatic heterocycles. The highest BCUT2D eigenvalue weighted by Gasteiger charge is 2.34. The van der Waals surface area contributed by atoms with Crippen molar-refractivity contribution in [1.82, 2.24) is 15.0 Å². The number of hydrogen-bond donors (Lipinski definition) is 2. The number of amidine groups is 1. The van der Waals surface area contributed by atoms with Gasteiger partial charge in [-0.1, -0.05) is 0 Å². The quantitative estimate of drug-likeness (QED) is 0.394. The van der Waals surface area contributed by atoms with Gasteiger partial charge >= 0.3 is 6.09 Å². The molecule has 2 aromatic heterocycles. The molecule has 0 radical (unpaired) electrons. The number of aliphatic imine (C=N–C) groups is 1. The van der Waals surface area contributed by atoms with E-state index in [4.69, 9.17) is 22.7 Å². The van der Waals surface area contributed by atoms with Gasteiger partial charge in [0.15, 0.2) is 16.7 Å². The van der Waals surface area contributed by atoms with Crippen molar-refractivity contribution in [1.29, 1.82) is 0 Å². The number of nitrogens with zero attached hydrogens (tertiary/aromatic N) is 6. The molecule has 3 N–H and O–H groups in total. The number of thiocarbonyl (C=S) groups is 1. The summed E-state index contributed by atoms with van der Waals surface area (Å²) < 4.78 is 5.41. The van der Waals surface area contributed by atoms with E-state index in [0.29, 0.717) is 12.3 Å². The zero-order valence-corrected chi connectivity index (χ0v) is 20.6. The number of amides is 1. The third-order valence-electron chi connectivity index (χ3n) is 4.93. The van der Waals surface area contributed by atoms with Crippen molar-refractivity contribution >= 4 is 46.6 Å². The fraction of sp³-hybridized carbons (Fsp3) is 0.455. The first-order valence-corrected chi connectivity index (χ1v) is 11.0. The number of anilines is 3. The lowest BCUT2D eigenvalue weighted by atomic mass is 10.1. The van der Waals surface area contributed by atoms with Gasteiger partial charge in [0.25, 0.3) is 0 Å². The van der Waals surface area contributed by atoms with Crippen LogP contribution >= 0.6 is 12.2 Å². The van der Waals surface area contributed by atoms with Gasteiger partial charge in [0.05, 0.1) is 17.9 Å². The summed E-state index contributed by atoms with van der Waals surface area (Å²) in [6.45, 7) is 9.56. The highest BCUT2D eigenvalue weighted by molar-refractivity contribution is 7.80. The minimum atomic E-state index is -0.647. The molecule has 176 valence electrons. The Morgan fingerprint density at radius 1 is 1.33 bits per heavy atom. The van der Waals surface area contributed by atoms with Gasteiger partial charge < -0.3 is 20.7 Å². The van der Waals surface area contributed by atoms with Gasteiger partial charge in [-0.25, -0.2) is 19.8 Å². The van der Waals surface area contributed by atoms with Crippen LogP contribution in [0.2, 0.25) is 0 Å². The molecular formula is C22H30N8O2S. The molecule has 0 fully saturated rings. The molecule has 33 heavy (non-hydrogen) atoms. The van der Waals surface area contributed by atoms with Gasteiger partial charge in [0.1, 0.15) is 11.4 Å². The second kappa shape index (κ2) is 9.65. The van der Waals surface area contributed by atoms with E-state index in [1.807, 2.05) is 12.3 Å². The van der Waals surface area contributed by atoms with E-state index >= 15 is 0 Å². The molecule has 1 amide bonds. The molecule has 1 aliphatic rings. The van der Waals surface area contributed by atoms with E-state index in [-0.39, 0.29) is 28.8 Å². The molecule has 0 saturated carbocycles. The highest BCUT2D eigenvalue weighted by atomic mass is 32.1. The number of hydrogen-bond acceptors (Lipinski definition) is 7.